The molecule has 0 spiro atoms. The molecule has 1 unspecified atom stereocenters. The van der Waals surface area contributed by atoms with Crippen LogP contribution >= 0.6 is 11.6 Å². The topological polar surface area (TPSA) is 49.4 Å². The second-order valence-electron chi connectivity index (χ2n) is 8.81. The molecule has 1 aliphatic carbocycles. The Morgan fingerprint density at radius 1 is 1.00 bits per heavy atom. The van der Waals surface area contributed by atoms with Crippen molar-refractivity contribution in [1.82, 2.24) is 10.2 Å². The summed E-state index contributed by atoms with van der Waals surface area (Å²) in [6.45, 7) is 0.517. The summed E-state index contributed by atoms with van der Waals surface area (Å²) in [5, 5.41) is 3.95. The second kappa shape index (κ2) is 9.86. The Hall–Kier alpha value is -2.33. The van der Waals surface area contributed by atoms with Crippen LogP contribution in [0.4, 0.5) is 0 Å². The Labute approximate surface area is 190 Å². The molecular weight excluding hydrogens is 408 g/mol. The lowest BCUT2D eigenvalue weighted by atomic mass is 9.78. The summed E-state index contributed by atoms with van der Waals surface area (Å²) < 4.78 is 0. The van der Waals surface area contributed by atoms with Gasteiger partial charge in [-0.25, -0.2) is 0 Å². The van der Waals surface area contributed by atoms with Crippen LogP contribution in [-0.2, 0) is 21.5 Å². The SMILES string of the molecule is O=C1CCCC(C(=O)NC2CCCCC2)(c2ccc(Cl)cc2)N1CCc1ccccc1. The van der Waals surface area contributed by atoms with Crippen molar-refractivity contribution < 1.29 is 9.59 Å². The van der Waals surface area contributed by atoms with Gasteiger partial charge in [0.1, 0.15) is 5.54 Å². The molecule has 2 aromatic rings. The van der Waals surface area contributed by atoms with Crippen LogP contribution in [0.5, 0.6) is 0 Å². The first-order chi connectivity index (χ1) is 15.1. The third-order valence-corrected chi connectivity index (χ3v) is 7.05. The molecule has 0 radical (unpaired) electrons. The molecular formula is C26H31ClN2O2. The predicted molar refractivity (Wildman–Crippen MR) is 124 cm³/mol. The number of halogens is 1. The van der Waals surface area contributed by atoms with Gasteiger partial charge in [0.2, 0.25) is 5.91 Å². The van der Waals surface area contributed by atoms with E-state index in [4.69, 9.17) is 11.6 Å². The minimum Gasteiger partial charge on any atom is -0.351 e. The second-order valence-corrected chi connectivity index (χ2v) is 9.25. The van der Waals surface area contributed by atoms with E-state index < -0.39 is 5.54 Å². The van der Waals surface area contributed by atoms with Gasteiger partial charge in [0.05, 0.1) is 0 Å². The molecule has 5 heteroatoms. The number of nitrogens with one attached hydrogen (secondary N) is 1. The first-order valence-corrected chi connectivity index (χ1v) is 11.9. The number of likely N-dealkylation sites (tertiary alicyclic amines) is 1. The van der Waals surface area contributed by atoms with E-state index in [0.717, 1.165) is 37.7 Å². The third kappa shape index (κ3) is 4.79. The summed E-state index contributed by atoms with van der Waals surface area (Å²) >= 11 is 6.16. The molecule has 1 saturated carbocycles. The van der Waals surface area contributed by atoms with E-state index in [1.165, 1.54) is 12.0 Å². The highest BCUT2D eigenvalue weighted by Crippen LogP contribution is 2.40. The summed E-state index contributed by atoms with van der Waals surface area (Å²) in [5.41, 5.74) is 1.04. The minimum atomic E-state index is -0.980. The zero-order valence-electron chi connectivity index (χ0n) is 18.0. The Morgan fingerprint density at radius 3 is 2.42 bits per heavy atom. The molecule has 0 bridgehead atoms. The van der Waals surface area contributed by atoms with E-state index in [9.17, 15) is 9.59 Å². The van der Waals surface area contributed by atoms with Crippen molar-refractivity contribution in [3.05, 3.63) is 70.7 Å². The van der Waals surface area contributed by atoms with Crippen LogP contribution in [-0.4, -0.2) is 29.3 Å². The smallest absolute Gasteiger partial charge is 0.250 e. The van der Waals surface area contributed by atoms with Crippen molar-refractivity contribution in [3.8, 4) is 0 Å². The molecule has 4 rings (SSSR count). The van der Waals surface area contributed by atoms with Crippen LogP contribution in [0.25, 0.3) is 0 Å². The van der Waals surface area contributed by atoms with Crippen LogP contribution in [0.2, 0.25) is 5.02 Å². The summed E-state index contributed by atoms with van der Waals surface area (Å²) in [6.07, 6.45) is 8.11. The van der Waals surface area contributed by atoms with E-state index in [-0.39, 0.29) is 17.9 Å². The molecule has 31 heavy (non-hydrogen) atoms. The van der Waals surface area contributed by atoms with Crippen molar-refractivity contribution in [1.29, 1.82) is 0 Å². The zero-order chi connectivity index (χ0) is 21.7. The maximum Gasteiger partial charge on any atom is 0.250 e. The summed E-state index contributed by atoms with van der Waals surface area (Å²) in [5.74, 6) is 0.0127. The van der Waals surface area contributed by atoms with Gasteiger partial charge in [-0.2, -0.15) is 0 Å². The number of carbonyl (C=O) groups excluding carboxylic acids is 2. The van der Waals surface area contributed by atoms with Crippen LogP contribution in [0.3, 0.4) is 0 Å². The first kappa shape index (κ1) is 21.9. The van der Waals surface area contributed by atoms with E-state index in [1.807, 2.05) is 47.4 Å². The van der Waals surface area contributed by atoms with Crippen LogP contribution in [0.15, 0.2) is 54.6 Å². The standard InChI is InChI=1S/C26H31ClN2O2/c27-22-15-13-21(14-16-22)26(25(31)28-23-10-5-2-6-11-23)18-7-12-24(30)29(26)19-17-20-8-3-1-4-9-20/h1,3-4,8-9,13-16,23H,2,5-7,10-12,17-19H2,(H,28,31). The number of amides is 2. The van der Waals surface area contributed by atoms with Gasteiger partial charge in [0.25, 0.3) is 5.91 Å². The number of hydrogen-bond donors (Lipinski definition) is 1. The highest BCUT2D eigenvalue weighted by Gasteiger charge is 2.50. The van der Waals surface area contributed by atoms with Crippen molar-refractivity contribution in [2.75, 3.05) is 6.54 Å². The number of nitrogens with zero attached hydrogens (tertiary/aromatic N) is 1. The Bertz CT molecular complexity index is 893. The van der Waals surface area contributed by atoms with Crippen LogP contribution in [0.1, 0.15) is 62.5 Å². The van der Waals surface area contributed by atoms with Gasteiger partial charge < -0.3 is 10.2 Å². The maximum atomic E-state index is 13.9. The Balaban J connectivity index is 1.67. The highest BCUT2D eigenvalue weighted by molar-refractivity contribution is 6.30. The largest absolute Gasteiger partial charge is 0.351 e. The fourth-order valence-electron chi connectivity index (χ4n) is 5.12. The molecule has 4 nitrogen and oxygen atoms in total. The fourth-order valence-corrected chi connectivity index (χ4v) is 5.25. The minimum absolute atomic E-state index is 0.0390. The van der Waals surface area contributed by atoms with Gasteiger partial charge in [-0.3, -0.25) is 9.59 Å². The predicted octanol–water partition coefficient (Wildman–Crippen LogP) is 5.24. The van der Waals surface area contributed by atoms with Crippen molar-refractivity contribution in [2.24, 2.45) is 0 Å². The van der Waals surface area contributed by atoms with E-state index in [2.05, 4.69) is 17.4 Å². The average molecular weight is 439 g/mol. The molecule has 1 saturated heterocycles. The van der Waals surface area contributed by atoms with Crippen LogP contribution < -0.4 is 5.32 Å². The van der Waals surface area contributed by atoms with Gasteiger partial charge in [-0.1, -0.05) is 73.3 Å². The van der Waals surface area contributed by atoms with Gasteiger partial charge in [0.15, 0.2) is 0 Å². The summed E-state index contributed by atoms with van der Waals surface area (Å²) in [6, 6.07) is 17.8. The van der Waals surface area contributed by atoms with Crippen LogP contribution in [0, 0.1) is 0 Å². The lowest BCUT2D eigenvalue weighted by Crippen LogP contribution is -2.62. The number of rotatable bonds is 6. The molecule has 1 heterocycles. The Kier molecular flexibility index (Phi) is 6.96. The van der Waals surface area contributed by atoms with Gasteiger partial charge >= 0.3 is 0 Å². The summed E-state index contributed by atoms with van der Waals surface area (Å²) in [7, 11) is 0. The number of hydrogen-bond acceptors (Lipinski definition) is 2. The molecule has 2 fully saturated rings. The molecule has 164 valence electrons. The molecule has 2 aromatic carbocycles. The molecule has 1 N–H and O–H groups in total. The molecule has 1 atom stereocenters. The molecule has 1 aliphatic heterocycles. The maximum absolute atomic E-state index is 13.9. The van der Waals surface area contributed by atoms with Crippen molar-refractivity contribution in [3.63, 3.8) is 0 Å². The normalized spacial score (nSPS) is 22.4. The quantitative estimate of drug-likeness (QED) is 0.670. The number of piperidine rings is 1. The lowest BCUT2D eigenvalue weighted by Gasteiger charge is -2.47. The first-order valence-electron chi connectivity index (χ1n) is 11.5. The molecule has 0 aromatic heterocycles. The van der Waals surface area contributed by atoms with Crippen molar-refractivity contribution >= 4 is 23.4 Å². The van der Waals surface area contributed by atoms with Gasteiger partial charge in [0, 0.05) is 24.0 Å². The third-order valence-electron chi connectivity index (χ3n) is 6.80. The van der Waals surface area contributed by atoms with Crippen molar-refractivity contribution in [2.45, 2.75) is 69.4 Å². The highest BCUT2D eigenvalue weighted by atomic mass is 35.5. The number of benzene rings is 2. The Morgan fingerprint density at radius 2 is 1.71 bits per heavy atom. The monoisotopic (exact) mass is 438 g/mol. The lowest BCUT2D eigenvalue weighted by molar-refractivity contribution is -0.154. The van der Waals surface area contributed by atoms with E-state index in [1.54, 1.807) is 0 Å². The zero-order valence-corrected chi connectivity index (χ0v) is 18.7. The average Bonchev–Trinajstić information content (AvgIpc) is 2.80. The molecule has 2 aliphatic rings. The molecule has 2 amide bonds. The fraction of sp³-hybridized carbons (Fsp3) is 0.462. The summed E-state index contributed by atoms with van der Waals surface area (Å²) in [4.78, 5) is 28.9. The van der Waals surface area contributed by atoms with E-state index >= 15 is 0 Å². The van der Waals surface area contributed by atoms with Gasteiger partial charge in [-0.05, 0) is 55.4 Å². The van der Waals surface area contributed by atoms with E-state index in [0.29, 0.717) is 30.8 Å². The van der Waals surface area contributed by atoms with Gasteiger partial charge in [-0.15, -0.1) is 0 Å². The number of carbonyl (C=O) groups is 2.